The Morgan fingerprint density at radius 3 is 2.73 bits per heavy atom. The number of benzene rings is 1. The Balaban J connectivity index is 2.33. The quantitative estimate of drug-likeness (QED) is 0.642. The van der Waals surface area contributed by atoms with Gasteiger partial charge in [-0.25, -0.2) is 4.39 Å². The maximum absolute atomic E-state index is 12.6. The van der Waals surface area contributed by atoms with Crippen LogP contribution in [0.5, 0.6) is 0 Å². The number of hydrogen-bond donors (Lipinski definition) is 1. The van der Waals surface area contributed by atoms with Gasteiger partial charge >= 0.3 is 0 Å². The first-order valence-electron chi connectivity index (χ1n) is 4.48. The molecule has 0 saturated carbocycles. The summed E-state index contributed by atoms with van der Waals surface area (Å²) in [5.74, 6) is 0.541. The fraction of sp³-hybridized carbons (Fsp3) is 0.182. The highest BCUT2D eigenvalue weighted by atomic mass is 32.2. The van der Waals surface area contributed by atoms with Crippen LogP contribution in [0, 0.1) is 5.82 Å². The second kappa shape index (κ2) is 6.58. The minimum Gasteiger partial charge on any atom is -0.368 e. The minimum absolute atomic E-state index is 0.212. The highest BCUT2D eigenvalue weighted by molar-refractivity contribution is 8.22. The highest BCUT2D eigenvalue weighted by Crippen LogP contribution is 2.13. The number of hydrogen-bond acceptors (Lipinski definition) is 2. The van der Waals surface area contributed by atoms with Gasteiger partial charge in [-0.15, -0.1) is 6.58 Å². The molecule has 1 aromatic carbocycles. The van der Waals surface area contributed by atoms with Crippen LogP contribution in [0.25, 0.3) is 0 Å². The van der Waals surface area contributed by atoms with Crippen LogP contribution >= 0.6 is 24.0 Å². The lowest BCUT2D eigenvalue weighted by Gasteiger charge is -2.04. The van der Waals surface area contributed by atoms with Gasteiger partial charge < -0.3 is 5.32 Å². The SMILES string of the molecule is C=CCNC(=S)SCc1ccc(F)cc1. The molecule has 0 fully saturated rings. The van der Waals surface area contributed by atoms with E-state index in [0.717, 1.165) is 15.6 Å². The third-order valence-electron chi connectivity index (χ3n) is 1.67. The highest BCUT2D eigenvalue weighted by Gasteiger charge is 1.98. The Labute approximate surface area is 98.8 Å². The molecule has 0 bridgehead atoms. The van der Waals surface area contributed by atoms with Crippen molar-refractivity contribution in [1.82, 2.24) is 5.32 Å². The second-order valence-corrected chi connectivity index (χ2v) is 4.52. The zero-order valence-electron chi connectivity index (χ0n) is 8.20. The molecule has 0 aromatic heterocycles. The minimum atomic E-state index is -0.212. The largest absolute Gasteiger partial charge is 0.368 e. The lowest BCUT2D eigenvalue weighted by Crippen LogP contribution is -2.17. The topological polar surface area (TPSA) is 12.0 Å². The fourth-order valence-corrected chi connectivity index (χ4v) is 1.87. The predicted octanol–water partition coefficient (Wildman–Crippen LogP) is 3.12. The Bertz CT molecular complexity index is 335. The van der Waals surface area contributed by atoms with E-state index in [9.17, 15) is 4.39 Å². The van der Waals surface area contributed by atoms with Crippen molar-refractivity contribution in [1.29, 1.82) is 0 Å². The summed E-state index contributed by atoms with van der Waals surface area (Å²) in [7, 11) is 0. The van der Waals surface area contributed by atoms with Gasteiger partial charge in [0.2, 0.25) is 0 Å². The Morgan fingerprint density at radius 2 is 2.13 bits per heavy atom. The molecule has 15 heavy (non-hydrogen) atoms. The lowest BCUT2D eigenvalue weighted by atomic mass is 10.2. The molecule has 1 N–H and O–H groups in total. The van der Waals surface area contributed by atoms with Gasteiger partial charge in [0.25, 0.3) is 0 Å². The van der Waals surface area contributed by atoms with Gasteiger partial charge in [-0.05, 0) is 17.7 Å². The van der Waals surface area contributed by atoms with E-state index in [1.807, 2.05) is 0 Å². The zero-order valence-corrected chi connectivity index (χ0v) is 9.84. The summed E-state index contributed by atoms with van der Waals surface area (Å²) < 4.78 is 13.3. The molecule has 0 aliphatic heterocycles. The van der Waals surface area contributed by atoms with Crippen LogP contribution in [-0.2, 0) is 5.75 Å². The molecule has 80 valence electrons. The molecular weight excluding hydrogens is 229 g/mol. The van der Waals surface area contributed by atoms with E-state index in [-0.39, 0.29) is 5.82 Å². The third kappa shape index (κ3) is 4.95. The maximum Gasteiger partial charge on any atom is 0.134 e. The van der Waals surface area contributed by atoms with Crippen LogP contribution in [0.4, 0.5) is 4.39 Å². The third-order valence-corrected chi connectivity index (χ3v) is 3.06. The van der Waals surface area contributed by atoms with Crippen molar-refractivity contribution in [3.8, 4) is 0 Å². The first-order chi connectivity index (χ1) is 7.22. The molecule has 0 saturated heterocycles. The average Bonchev–Trinajstić information content (AvgIpc) is 2.25. The van der Waals surface area contributed by atoms with Crippen molar-refractivity contribution in [3.05, 3.63) is 48.3 Å². The van der Waals surface area contributed by atoms with Crippen molar-refractivity contribution in [2.75, 3.05) is 6.54 Å². The van der Waals surface area contributed by atoms with Crippen molar-refractivity contribution in [2.45, 2.75) is 5.75 Å². The van der Waals surface area contributed by atoms with Crippen LogP contribution in [0.15, 0.2) is 36.9 Å². The first-order valence-corrected chi connectivity index (χ1v) is 5.87. The van der Waals surface area contributed by atoms with Crippen molar-refractivity contribution >= 4 is 28.3 Å². The van der Waals surface area contributed by atoms with Gasteiger partial charge in [0.15, 0.2) is 0 Å². The monoisotopic (exact) mass is 241 g/mol. The summed E-state index contributed by atoms with van der Waals surface area (Å²) >= 11 is 6.60. The number of halogens is 1. The first kappa shape index (κ1) is 12.2. The molecule has 1 aromatic rings. The average molecular weight is 241 g/mol. The Morgan fingerprint density at radius 1 is 1.47 bits per heavy atom. The molecule has 0 amide bonds. The van der Waals surface area contributed by atoms with Crippen LogP contribution in [0.2, 0.25) is 0 Å². The lowest BCUT2D eigenvalue weighted by molar-refractivity contribution is 0.627. The van der Waals surface area contributed by atoms with Crippen LogP contribution in [-0.4, -0.2) is 10.9 Å². The molecule has 1 rings (SSSR count). The van der Waals surface area contributed by atoms with E-state index in [2.05, 4.69) is 11.9 Å². The van der Waals surface area contributed by atoms with E-state index in [0.29, 0.717) is 6.54 Å². The fourth-order valence-electron chi connectivity index (χ4n) is 0.936. The molecule has 0 unspecified atom stereocenters. The van der Waals surface area contributed by atoms with E-state index in [4.69, 9.17) is 12.2 Å². The molecule has 0 aliphatic rings. The van der Waals surface area contributed by atoms with Gasteiger partial charge in [-0.1, -0.05) is 42.2 Å². The van der Waals surface area contributed by atoms with Crippen molar-refractivity contribution < 1.29 is 4.39 Å². The molecule has 0 radical (unpaired) electrons. The van der Waals surface area contributed by atoms with Crippen molar-refractivity contribution in [2.24, 2.45) is 0 Å². The smallest absolute Gasteiger partial charge is 0.134 e. The summed E-state index contributed by atoms with van der Waals surface area (Å²) in [4.78, 5) is 0. The van der Waals surface area contributed by atoms with Crippen LogP contribution < -0.4 is 5.32 Å². The standard InChI is InChI=1S/C11H12FNS2/c1-2-7-13-11(14)15-8-9-3-5-10(12)6-4-9/h2-6H,1,7-8H2,(H,13,14). The molecule has 0 spiro atoms. The Hall–Kier alpha value is -0.870. The summed E-state index contributed by atoms with van der Waals surface area (Å²) in [5, 5.41) is 3.02. The summed E-state index contributed by atoms with van der Waals surface area (Å²) in [6, 6.07) is 6.43. The van der Waals surface area contributed by atoms with Crippen LogP contribution in [0.3, 0.4) is 0 Å². The Kier molecular flexibility index (Phi) is 5.36. The van der Waals surface area contributed by atoms with Crippen molar-refractivity contribution in [3.63, 3.8) is 0 Å². The van der Waals surface area contributed by atoms with Gasteiger partial charge in [0.1, 0.15) is 10.1 Å². The zero-order chi connectivity index (χ0) is 11.1. The number of thiocarbonyl (C=S) groups is 1. The number of rotatable bonds is 4. The predicted molar refractivity (Wildman–Crippen MR) is 68.5 cm³/mol. The molecule has 0 aliphatic carbocycles. The van der Waals surface area contributed by atoms with E-state index in [1.54, 1.807) is 18.2 Å². The van der Waals surface area contributed by atoms with Gasteiger partial charge in [-0.2, -0.15) is 0 Å². The van der Waals surface area contributed by atoms with E-state index < -0.39 is 0 Å². The maximum atomic E-state index is 12.6. The second-order valence-electron chi connectivity index (χ2n) is 2.87. The van der Waals surface area contributed by atoms with E-state index in [1.165, 1.54) is 23.9 Å². The molecule has 0 atom stereocenters. The molecular formula is C11H12FNS2. The van der Waals surface area contributed by atoms with Gasteiger partial charge in [0, 0.05) is 12.3 Å². The summed E-state index contributed by atoms with van der Waals surface area (Å²) in [5.41, 5.74) is 1.06. The normalized spacial score (nSPS) is 9.67. The molecule has 0 heterocycles. The molecule has 4 heteroatoms. The summed E-state index contributed by atoms with van der Waals surface area (Å²) in [6.45, 7) is 4.26. The van der Waals surface area contributed by atoms with E-state index >= 15 is 0 Å². The number of thioether (sulfide) groups is 1. The summed E-state index contributed by atoms with van der Waals surface area (Å²) in [6.07, 6.45) is 1.75. The van der Waals surface area contributed by atoms with Gasteiger partial charge in [0.05, 0.1) is 0 Å². The number of nitrogens with one attached hydrogen (secondary N) is 1. The van der Waals surface area contributed by atoms with Gasteiger partial charge in [-0.3, -0.25) is 0 Å². The van der Waals surface area contributed by atoms with Crippen LogP contribution in [0.1, 0.15) is 5.56 Å². The molecule has 1 nitrogen and oxygen atoms in total.